The fraction of sp³-hybridized carbons (Fsp3) is 0.938. The molecule has 0 unspecified atom stereocenters. The Kier molecular flexibility index (Phi) is 5.12. The number of carbonyl (C=O) groups is 1. The SMILES string of the molecule is CC(C)CN(C(=O)N1CCC(C)CC1)C1CCCC1. The summed E-state index contributed by atoms with van der Waals surface area (Å²) >= 11 is 0. The molecule has 1 saturated carbocycles. The lowest BCUT2D eigenvalue weighted by Gasteiger charge is -2.38. The molecule has 3 heteroatoms. The summed E-state index contributed by atoms with van der Waals surface area (Å²) in [6.07, 6.45) is 7.36. The maximum atomic E-state index is 12.8. The van der Waals surface area contributed by atoms with E-state index in [1.807, 2.05) is 0 Å². The minimum atomic E-state index is 0.313. The third-order valence-corrected chi connectivity index (χ3v) is 4.63. The number of nitrogens with zero attached hydrogens (tertiary/aromatic N) is 2. The average molecular weight is 266 g/mol. The van der Waals surface area contributed by atoms with Crippen molar-refractivity contribution in [2.24, 2.45) is 11.8 Å². The summed E-state index contributed by atoms with van der Waals surface area (Å²) in [7, 11) is 0. The molecule has 2 amide bonds. The van der Waals surface area contributed by atoms with E-state index in [-0.39, 0.29) is 0 Å². The number of rotatable bonds is 3. The summed E-state index contributed by atoms with van der Waals surface area (Å²) in [4.78, 5) is 17.1. The van der Waals surface area contributed by atoms with Crippen LogP contribution < -0.4 is 0 Å². The van der Waals surface area contributed by atoms with Gasteiger partial charge < -0.3 is 9.80 Å². The molecule has 0 N–H and O–H groups in total. The Morgan fingerprint density at radius 1 is 1.16 bits per heavy atom. The molecular weight excluding hydrogens is 236 g/mol. The molecule has 110 valence electrons. The molecule has 0 aromatic heterocycles. The van der Waals surface area contributed by atoms with Crippen LogP contribution in [0.15, 0.2) is 0 Å². The Balaban J connectivity index is 1.98. The van der Waals surface area contributed by atoms with Crippen LogP contribution >= 0.6 is 0 Å². The zero-order chi connectivity index (χ0) is 13.8. The average Bonchev–Trinajstić information content (AvgIpc) is 2.89. The van der Waals surface area contributed by atoms with E-state index in [0.29, 0.717) is 18.0 Å². The second-order valence-electron chi connectivity index (χ2n) is 6.94. The summed E-state index contributed by atoms with van der Waals surface area (Å²) in [5.74, 6) is 1.35. The molecule has 1 saturated heterocycles. The van der Waals surface area contributed by atoms with Gasteiger partial charge in [0.1, 0.15) is 0 Å². The molecule has 0 spiro atoms. The van der Waals surface area contributed by atoms with Gasteiger partial charge in [0.2, 0.25) is 0 Å². The number of hydrogen-bond acceptors (Lipinski definition) is 1. The van der Waals surface area contributed by atoms with Crippen molar-refractivity contribution < 1.29 is 4.79 Å². The van der Waals surface area contributed by atoms with E-state index in [2.05, 4.69) is 30.6 Å². The van der Waals surface area contributed by atoms with E-state index in [1.165, 1.54) is 38.5 Å². The van der Waals surface area contributed by atoms with Crippen molar-refractivity contribution in [2.75, 3.05) is 19.6 Å². The Morgan fingerprint density at radius 2 is 1.74 bits per heavy atom. The van der Waals surface area contributed by atoms with Gasteiger partial charge in [0.05, 0.1) is 0 Å². The highest BCUT2D eigenvalue weighted by Gasteiger charge is 2.31. The number of amides is 2. The van der Waals surface area contributed by atoms with Gasteiger partial charge in [-0.1, -0.05) is 33.6 Å². The lowest BCUT2D eigenvalue weighted by atomic mass is 9.99. The van der Waals surface area contributed by atoms with Gasteiger partial charge in [-0.15, -0.1) is 0 Å². The van der Waals surface area contributed by atoms with E-state index in [4.69, 9.17) is 0 Å². The van der Waals surface area contributed by atoms with Crippen molar-refractivity contribution in [3.8, 4) is 0 Å². The normalized spacial score (nSPS) is 22.2. The first kappa shape index (κ1) is 14.7. The molecular formula is C16H30N2O. The largest absolute Gasteiger partial charge is 0.325 e. The van der Waals surface area contributed by atoms with Gasteiger partial charge in [0.15, 0.2) is 0 Å². The summed E-state index contributed by atoms with van der Waals surface area (Å²) in [5.41, 5.74) is 0. The zero-order valence-corrected chi connectivity index (χ0v) is 12.9. The van der Waals surface area contributed by atoms with Gasteiger partial charge in [-0.05, 0) is 37.5 Å². The highest BCUT2D eigenvalue weighted by molar-refractivity contribution is 5.75. The predicted molar refractivity (Wildman–Crippen MR) is 79.2 cm³/mol. The van der Waals surface area contributed by atoms with Crippen LogP contribution in [-0.2, 0) is 0 Å². The fourth-order valence-corrected chi connectivity index (χ4v) is 3.37. The molecule has 0 radical (unpaired) electrons. The molecule has 2 aliphatic rings. The lowest BCUT2D eigenvalue weighted by Crippen LogP contribution is -2.50. The number of likely N-dealkylation sites (tertiary alicyclic amines) is 1. The highest BCUT2D eigenvalue weighted by Crippen LogP contribution is 2.26. The monoisotopic (exact) mass is 266 g/mol. The Labute approximate surface area is 118 Å². The molecule has 0 bridgehead atoms. The quantitative estimate of drug-likeness (QED) is 0.763. The van der Waals surface area contributed by atoms with E-state index >= 15 is 0 Å². The second kappa shape index (κ2) is 6.62. The molecule has 3 nitrogen and oxygen atoms in total. The van der Waals surface area contributed by atoms with Gasteiger partial charge >= 0.3 is 6.03 Å². The molecule has 2 rings (SSSR count). The van der Waals surface area contributed by atoms with Gasteiger partial charge in [-0.3, -0.25) is 0 Å². The van der Waals surface area contributed by atoms with Crippen LogP contribution in [0.3, 0.4) is 0 Å². The van der Waals surface area contributed by atoms with Crippen LogP contribution in [0.4, 0.5) is 4.79 Å². The first-order chi connectivity index (χ1) is 9.08. The van der Waals surface area contributed by atoms with Gasteiger partial charge in [0.25, 0.3) is 0 Å². The van der Waals surface area contributed by atoms with Crippen molar-refractivity contribution in [3.05, 3.63) is 0 Å². The molecule has 0 atom stereocenters. The molecule has 0 aromatic rings. The van der Waals surface area contributed by atoms with Crippen LogP contribution in [0.1, 0.15) is 59.3 Å². The van der Waals surface area contributed by atoms with E-state index in [9.17, 15) is 4.79 Å². The maximum Gasteiger partial charge on any atom is 0.320 e. The Hall–Kier alpha value is -0.730. The standard InChI is InChI=1S/C16H30N2O/c1-13(2)12-18(15-6-4-5-7-15)16(19)17-10-8-14(3)9-11-17/h13-15H,4-12H2,1-3H3. The first-order valence-corrected chi connectivity index (χ1v) is 8.13. The van der Waals surface area contributed by atoms with E-state index < -0.39 is 0 Å². The Bertz CT molecular complexity index is 289. The van der Waals surface area contributed by atoms with E-state index in [0.717, 1.165) is 25.6 Å². The number of carbonyl (C=O) groups excluding carboxylic acids is 1. The minimum absolute atomic E-state index is 0.313. The van der Waals surface area contributed by atoms with Crippen LogP contribution in [-0.4, -0.2) is 41.5 Å². The smallest absolute Gasteiger partial charge is 0.320 e. The third kappa shape index (κ3) is 3.87. The number of urea groups is 1. The topological polar surface area (TPSA) is 23.6 Å². The maximum absolute atomic E-state index is 12.8. The predicted octanol–water partition coefficient (Wildman–Crippen LogP) is 3.74. The molecule has 0 aromatic carbocycles. The summed E-state index contributed by atoms with van der Waals surface area (Å²) in [5, 5.41) is 0. The number of hydrogen-bond donors (Lipinski definition) is 0. The molecule has 1 aliphatic carbocycles. The minimum Gasteiger partial charge on any atom is -0.325 e. The highest BCUT2D eigenvalue weighted by atomic mass is 16.2. The second-order valence-corrected chi connectivity index (χ2v) is 6.94. The van der Waals surface area contributed by atoms with Crippen molar-refractivity contribution in [3.63, 3.8) is 0 Å². The molecule has 1 aliphatic heterocycles. The molecule has 1 heterocycles. The summed E-state index contributed by atoms with van der Waals surface area (Å²) < 4.78 is 0. The van der Waals surface area contributed by atoms with Crippen molar-refractivity contribution in [1.29, 1.82) is 0 Å². The van der Waals surface area contributed by atoms with Crippen molar-refractivity contribution in [2.45, 2.75) is 65.3 Å². The van der Waals surface area contributed by atoms with Gasteiger partial charge in [0, 0.05) is 25.7 Å². The van der Waals surface area contributed by atoms with E-state index in [1.54, 1.807) is 0 Å². The zero-order valence-electron chi connectivity index (χ0n) is 12.9. The van der Waals surface area contributed by atoms with Crippen LogP contribution in [0.5, 0.6) is 0 Å². The molecule has 19 heavy (non-hydrogen) atoms. The summed E-state index contributed by atoms with van der Waals surface area (Å²) in [6.45, 7) is 9.57. The van der Waals surface area contributed by atoms with Crippen molar-refractivity contribution in [1.82, 2.24) is 9.80 Å². The third-order valence-electron chi connectivity index (χ3n) is 4.63. The summed E-state index contributed by atoms with van der Waals surface area (Å²) in [6, 6.07) is 0.821. The Morgan fingerprint density at radius 3 is 2.26 bits per heavy atom. The lowest BCUT2D eigenvalue weighted by molar-refractivity contribution is 0.112. The first-order valence-electron chi connectivity index (χ1n) is 8.13. The van der Waals surface area contributed by atoms with Crippen LogP contribution in [0.2, 0.25) is 0 Å². The van der Waals surface area contributed by atoms with Crippen molar-refractivity contribution >= 4 is 6.03 Å². The number of piperidine rings is 1. The molecule has 2 fully saturated rings. The van der Waals surface area contributed by atoms with Crippen LogP contribution in [0, 0.1) is 11.8 Å². The van der Waals surface area contributed by atoms with Gasteiger partial charge in [-0.2, -0.15) is 0 Å². The fourth-order valence-electron chi connectivity index (χ4n) is 3.37. The van der Waals surface area contributed by atoms with Gasteiger partial charge in [-0.25, -0.2) is 4.79 Å². The van der Waals surface area contributed by atoms with Crippen LogP contribution in [0.25, 0.3) is 0 Å².